The maximum atomic E-state index is 13.6. The molecule has 3 fully saturated rings. The molecule has 5 nitrogen and oxygen atoms in total. The van der Waals surface area contributed by atoms with Gasteiger partial charge in [0, 0.05) is 44.8 Å². The van der Waals surface area contributed by atoms with Gasteiger partial charge in [-0.2, -0.15) is 0 Å². The van der Waals surface area contributed by atoms with Gasteiger partial charge >= 0.3 is 0 Å². The van der Waals surface area contributed by atoms with Gasteiger partial charge in [0.05, 0.1) is 16.1 Å². The minimum absolute atomic E-state index is 0.0213. The van der Waals surface area contributed by atoms with E-state index in [0.717, 1.165) is 51.9 Å². The van der Waals surface area contributed by atoms with E-state index in [2.05, 4.69) is 16.7 Å². The summed E-state index contributed by atoms with van der Waals surface area (Å²) in [4.78, 5) is 32.8. The van der Waals surface area contributed by atoms with Crippen molar-refractivity contribution in [1.29, 1.82) is 0 Å². The monoisotopic (exact) mass is 465 g/mol. The molecule has 1 atom stereocenters. The molecule has 170 valence electrons. The molecule has 4 rings (SSSR count). The number of benzene rings is 1. The van der Waals surface area contributed by atoms with Gasteiger partial charge in [0.1, 0.15) is 0 Å². The summed E-state index contributed by atoms with van der Waals surface area (Å²) in [5.74, 6) is 1.46. The van der Waals surface area contributed by atoms with Crippen molar-refractivity contribution in [3.8, 4) is 0 Å². The number of amides is 2. The number of rotatable bonds is 4. The van der Waals surface area contributed by atoms with Crippen LogP contribution in [0.25, 0.3) is 0 Å². The van der Waals surface area contributed by atoms with Gasteiger partial charge in [0.2, 0.25) is 5.91 Å². The van der Waals surface area contributed by atoms with E-state index in [9.17, 15) is 9.59 Å². The highest BCUT2D eigenvalue weighted by atomic mass is 35.5. The zero-order valence-electron chi connectivity index (χ0n) is 18.4. The average Bonchev–Trinajstić information content (AvgIpc) is 3.30. The molecule has 2 amide bonds. The third-order valence-corrected chi connectivity index (χ3v) is 8.10. The summed E-state index contributed by atoms with van der Waals surface area (Å²) < 4.78 is 0. The van der Waals surface area contributed by atoms with Gasteiger partial charge < -0.3 is 9.80 Å². The Balaban J connectivity index is 1.41. The fourth-order valence-corrected chi connectivity index (χ4v) is 5.66. The second-order valence-corrected chi connectivity index (χ2v) is 10.3. The number of hydrogen-bond acceptors (Lipinski definition) is 3. The number of piperidine rings is 1. The van der Waals surface area contributed by atoms with Gasteiger partial charge in [-0.15, -0.1) is 0 Å². The Morgan fingerprint density at radius 2 is 1.52 bits per heavy atom. The molecule has 0 radical (unpaired) electrons. The minimum Gasteiger partial charge on any atom is -0.341 e. The van der Waals surface area contributed by atoms with Gasteiger partial charge in [-0.05, 0) is 55.7 Å². The molecular weight excluding hydrogens is 433 g/mol. The molecule has 1 saturated carbocycles. The van der Waals surface area contributed by atoms with Gasteiger partial charge in [-0.3, -0.25) is 14.5 Å². The molecule has 0 spiro atoms. The topological polar surface area (TPSA) is 43.9 Å². The van der Waals surface area contributed by atoms with E-state index in [1.807, 2.05) is 4.90 Å². The molecule has 3 aliphatic rings. The van der Waals surface area contributed by atoms with Gasteiger partial charge in [0.15, 0.2) is 0 Å². The molecular formula is C24H33Cl2N3O2. The van der Waals surface area contributed by atoms with Crippen molar-refractivity contribution >= 4 is 35.0 Å². The summed E-state index contributed by atoms with van der Waals surface area (Å²) in [7, 11) is 0. The number of halogens is 2. The second-order valence-electron chi connectivity index (χ2n) is 9.45. The normalized spacial score (nSPS) is 22.7. The molecule has 2 heterocycles. The van der Waals surface area contributed by atoms with Crippen LogP contribution in [0.5, 0.6) is 0 Å². The van der Waals surface area contributed by atoms with Crippen LogP contribution in [-0.4, -0.2) is 71.8 Å². The van der Waals surface area contributed by atoms with Crippen LogP contribution in [0.2, 0.25) is 10.0 Å². The molecule has 1 aliphatic carbocycles. The lowest BCUT2D eigenvalue weighted by atomic mass is 9.92. The molecule has 0 N–H and O–H groups in total. The Morgan fingerprint density at radius 3 is 2.13 bits per heavy atom. The third-order valence-electron chi connectivity index (χ3n) is 7.36. The molecule has 0 unspecified atom stereocenters. The predicted molar refractivity (Wildman–Crippen MR) is 125 cm³/mol. The van der Waals surface area contributed by atoms with Crippen LogP contribution in [0.3, 0.4) is 0 Å². The molecule has 2 saturated heterocycles. The molecule has 0 aromatic heterocycles. The van der Waals surface area contributed by atoms with Crippen LogP contribution < -0.4 is 0 Å². The lowest BCUT2D eigenvalue weighted by Gasteiger charge is -2.43. The molecule has 0 bridgehead atoms. The first-order valence-electron chi connectivity index (χ1n) is 11.7. The lowest BCUT2D eigenvalue weighted by Crippen LogP contribution is -2.59. The summed E-state index contributed by atoms with van der Waals surface area (Å²) in [6.45, 7) is 6.80. The van der Waals surface area contributed by atoms with E-state index < -0.39 is 0 Å². The summed E-state index contributed by atoms with van der Waals surface area (Å²) in [6, 6.07) is 5.01. The molecule has 1 aromatic carbocycles. The quantitative estimate of drug-likeness (QED) is 0.653. The highest BCUT2D eigenvalue weighted by Crippen LogP contribution is 2.33. The summed E-state index contributed by atoms with van der Waals surface area (Å²) in [5.41, 5.74) is 0.564. The average molecular weight is 466 g/mol. The van der Waals surface area contributed by atoms with Crippen LogP contribution in [0.15, 0.2) is 18.2 Å². The maximum absolute atomic E-state index is 13.6. The minimum atomic E-state index is -0.0295. The van der Waals surface area contributed by atoms with Crippen molar-refractivity contribution in [2.45, 2.75) is 51.5 Å². The SMILES string of the molecule is CC1CCN(C(=O)[C@H](C2CCCC2)N2CCN(C(=O)c3ccc(Cl)c(Cl)c3)CC2)CC1. The second kappa shape index (κ2) is 10.1. The van der Waals surface area contributed by atoms with E-state index in [0.29, 0.717) is 46.4 Å². The van der Waals surface area contributed by atoms with Crippen LogP contribution in [-0.2, 0) is 4.79 Å². The number of likely N-dealkylation sites (tertiary alicyclic amines) is 1. The van der Waals surface area contributed by atoms with Gasteiger partial charge in [0.25, 0.3) is 5.91 Å². The highest BCUT2D eigenvalue weighted by molar-refractivity contribution is 6.42. The Hall–Kier alpha value is -1.30. The summed E-state index contributed by atoms with van der Waals surface area (Å²) >= 11 is 12.1. The van der Waals surface area contributed by atoms with E-state index in [-0.39, 0.29) is 11.9 Å². The molecule has 2 aliphatic heterocycles. The first-order chi connectivity index (χ1) is 14.9. The lowest BCUT2D eigenvalue weighted by molar-refractivity contribution is -0.141. The maximum Gasteiger partial charge on any atom is 0.253 e. The number of piperazine rings is 1. The van der Waals surface area contributed by atoms with Crippen molar-refractivity contribution in [2.24, 2.45) is 11.8 Å². The van der Waals surface area contributed by atoms with Crippen molar-refractivity contribution in [1.82, 2.24) is 14.7 Å². The third kappa shape index (κ3) is 5.20. The zero-order chi connectivity index (χ0) is 22.0. The molecule has 7 heteroatoms. The first-order valence-corrected chi connectivity index (χ1v) is 12.5. The van der Waals surface area contributed by atoms with Crippen molar-refractivity contribution in [2.75, 3.05) is 39.3 Å². The Morgan fingerprint density at radius 1 is 0.871 bits per heavy atom. The van der Waals surface area contributed by atoms with Crippen LogP contribution >= 0.6 is 23.2 Å². The standard InChI is InChI=1S/C24H33Cl2N3O2/c1-17-8-10-28(11-9-17)24(31)22(18-4-2-3-5-18)27-12-14-29(15-13-27)23(30)19-6-7-20(25)21(26)16-19/h6-7,16-18,22H,2-5,8-15H2,1H3/t22-/m0/s1. The van der Waals surface area contributed by atoms with Crippen molar-refractivity contribution in [3.63, 3.8) is 0 Å². The van der Waals surface area contributed by atoms with Crippen molar-refractivity contribution < 1.29 is 9.59 Å². The summed E-state index contributed by atoms with van der Waals surface area (Å²) in [5, 5.41) is 0.849. The first kappa shape index (κ1) is 22.9. The fourth-order valence-electron chi connectivity index (χ4n) is 5.36. The zero-order valence-corrected chi connectivity index (χ0v) is 19.9. The largest absolute Gasteiger partial charge is 0.341 e. The van der Waals surface area contributed by atoms with Gasteiger partial charge in [-0.25, -0.2) is 0 Å². The fraction of sp³-hybridized carbons (Fsp3) is 0.667. The number of carbonyl (C=O) groups excluding carboxylic acids is 2. The van der Waals surface area contributed by atoms with E-state index >= 15 is 0 Å². The Labute approximate surface area is 195 Å². The Bertz CT molecular complexity index is 796. The smallest absolute Gasteiger partial charge is 0.253 e. The van der Waals surface area contributed by atoms with E-state index in [1.54, 1.807) is 18.2 Å². The van der Waals surface area contributed by atoms with Crippen molar-refractivity contribution in [3.05, 3.63) is 33.8 Å². The van der Waals surface area contributed by atoms with Crippen LogP contribution in [0.4, 0.5) is 0 Å². The predicted octanol–water partition coefficient (Wildman–Crippen LogP) is 4.57. The highest BCUT2D eigenvalue weighted by Gasteiger charge is 2.39. The molecule has 31 heavy (non-hydrogen) atoms. The molecule has 1 aromatic rings. The Kier molecular flexibility index (Phi) is 7.45. The number of nitrogens with zero attached hydrogens (tertiary/aromatic N) is 3. The van der Waals surface area contributed by atoms with E-state index in [1.165, 1.54) is 12.8 Å². The van der Waals surface area contributed by atoms with Gasteiger partial charge in [-0.1, -0.05) is 43.0 Å². The van der Waals surface area contributed by atoms with Crippen LogP contribution in [0, 0.1) is 11.8 Å². The van der Waals surface area contributed by atoms with Crippen LogP contribution in [0.1, 0.15) is 55.8 Å². The summed E-state index contributed by atoms with van der Waals surface area (Å²) in [6.07, 6.45) is 6.94. The number of hydrogen-bond donors (Lipinski definition) is 0. The van der Waals surface area contributed by atoms with E-state index in [4.69, 9.17) is 23.2 Å². The number of carbonyl (C=O) groups is 2.